The van der Waals surface area contributed by atoms with Crippen LogP contribution in [-0.2, 0) is 9.47 Å². The molecule has 5 nitrogen and oxygen atoms in total. The Morgan fingerprint density at radius 2 is 2.05 bits per heavy atom. The average molecular weight is 301 g/mol. The maximum absolute atomic E-state index is 10.6. The maximum Gasteiger partial charge on any atom is 0.219 e. The van der Waals surface area contributed by atoms with Gasteiger partial charge in [0, 0.05) is 6.04 Å². The molecule has 0 aromatic carbocycles. The van der Waals surface area contributed by atoms with E-state index in [2.05, 4.69) is 0 Å². The molecule has 124 valence electrons. The molecule has 1 rings (SSSR count). The molecule has 5 heteroatoms. The van der Waals surface area contributed by atoms with Crippen molar-refractivity contribution in [1.29, 1.82) is 0 Å². The molecule has 0 aromatic heterocycles. The summed E-state index contributed by atoms with van der Waals surface area (Å²) in [4.78, 5) is 1.81. The predicted molar refractivity (Wildman–Crippen MR) is 82.6 cm³/mol. The topological polar surface area (TPSA) is 62.2 Å². The van der Waals surface area contributed by atoms with Gasteiger partial charge < -0.3 is 19.7 Å². The highest BCUT2D eigenvalue weighted by molar-refractivity contribution is 4.97. The first-order chi connectivity index (χ1) is 9.68. The van der Waals surface area contributed by atoms with Crippen molar-refractivity contribution in [3.05, 3.63) is 12.2 Å². The van der Waals surface area contributed by atoms with Crippen LogP contribution in [0.15, 0.2) is 12.2 Å². The average Bonchev–Trinajstić information content (AvgIpc) is 2.66. The Kier molecular flexibility index (Phi) is 6.37. The van der Waals surface area contributed by atoms with Gasteiger partial charge in [0.15, 0.2) is 0 Å². The lowest BCUT2D eigenvalue weighted by molar-refractivity contribution is -0.281. The molecule has 1 aliphatic heterocycles. The van der Waals surface area contributed by atoms with Gasteiger partial charge in [0.05, 0.1) is 18.3 Å². The van der Waals surface area contributed by atoms with Crippen molar-refractivity contribution in [2.45, 2.75) is 84.3 Å². The van der Waals surface area contributed by atoms with E-state index in [1.54, 1.807) is 0 Å². The first-order valence-corrected chi connectivity index (χ1v) is 7.72. The number of nitrogens with zero attached hydrogens (tertiary/aromatic N) is 1. The molecule has 2 N–H and O–H groups in total. The minimum Gasteiger partial charge on any atom is -0.394 e. The Labute approximate surface area is 128 Å². The summed E-state index contributed by atoms with van der Waals surface area (Å²) in [7, 11) is 0. The largest absolute Gasteiger partial charge is 0.394 e. The van der Waals surface area contributed by atoms with Crippen LogP contribution in [0.25, 0.3) is 0 Å². The zero-order valence-corrected chi connectivity index (χ0v) is 14.2. The summed E-state index contributed by atoms with van der Waals surface area (Å²) >= 11 is 0. The third kappa shape index (κ3) is 4.50. The van der Waals surface area contributed by atoms with Crippen molar-refractivity contribution in [2.75, 3.05) is 6.61 Å². The van der Waals surface area contributed by atoms with Crippen LogP contribution in [0.3, 0.4) is 0 Å². The Morgan fingerprint density at radius 3 is 2.52 bits per heavy atom. The van der Waals surface area contributed by atoms with Crippen LogP contribution in [-0.4, -0.2) is 51.6 Å². The monoisotopic (exact) mass is 301 g/mol. The fraction of sp³-hybridized carbons (Fsp3) is 0.875. The number of hydrogen-bond donors (Lipinski definition) is 2. The fourth-order valence-corrected chi connectivity index (χ4v) is 2.64. The summed E-state index contributed by atoms with van der Waals surface area (Å²) in [6.45, 7) is 11.6. The first-order valence-electron chi connectivity index (χ1n) is 7.72. The van der Waals surface area contributed by atoms with Gasteiger partial charge in [0.25, 0.3) is 0 Å². The van der Waals surface area contributed by atoms with Gasteiger partial charge in [0.2, 0.25) is 6.41 Å². The molecule has 1 fully saturated rings. The standard InChI is InChI=1S/C16H31NO4/c1-7-9-10-12-13(11-18)20-16(5,6)17(12)14(19)21-15(3,4)8-2/h7,9,12-14,18-19H,8,10-11H2,1-6H3/b9-7-. The molecule has 0 amide bonds. The second-order valence-electron chi connectivity index (χ2n) is 6.62. The maximum atomic E-state index is 10.6. The Morgan fingerprint density at radius 1 is 1.43 bits per heavy atom. The van der Waals surface area contributed by atoms with Crippen LogP contribution in [0.1, 0.15) is 54.4 Å². The molecule has 0 spiro atoms. The molecule has 0 saturated carbocycles. The van der Waals surface area contributed by atoms with Crippen molar-refractivity contribution in [3.63, 3.8) is 0 Å². The van der Waals surface area contributed by atoms with Crippen molar-refractivity contribution in [2.24, 2.45) is 0 Å². The van der Waals surface area contributed by atoms with Crippen LogP contribution in [0.4, 0.5) is 0 Å². The number of ether oxygens (including phenoxy) is 2. The molecule has 0 aliphatic carbocycles. The molecule has 0 aromatic rings. The van der Waals surface area contributed by atoms with E-state index < -0.39 is 17.7 Å². The van der Waals surface area contributed by atoms with E-state index >= 15 is 0 Å². The fourth-order valence-electron chi connectivity index (χ4n) is 2.64. The Bertz CT molecular complexity index is 354. The molecular formula is C16H31NO4. The summed E-state index contributed by atoms with van der Waals surface area (Å²) in [6, 6.07) is -0.121. The first kappa shape index (κ1) is 18.6. The predicted octanol–water partition coefficient (Wildman–Crippen LogP) is 2.23. The summed E-state index contributed by atoms with van der Waals surface area (Å²) in [5, 5.41) is 20.1. The van der Waals surface area contributed by atoms with Crippen LogP contribution in [0, 0.1) is 0 Å². The molecular weight excluding hydrogens is 270 g/mol. The summed E-state index contributed by atoms with van der Waals surface area (Å²) < 4.78 is 11.7. The van der Waals surface area contributed by atoms with Crippen molar-refractivity contribution in [3.8, 4) is 0 Å². The van der Waals surface area contributed by atoms with E-state index in [-0.39, 0.29) is 18.8 Å². The highest BCUT2D eigenvalue weighted by Gasteiger charge is 2.50. The lowest BCUT2D eigenvalue weighted by Gasteiger charge is -2.39. The van der Waals surface area contributed by atoms with Crippen LogP contribution in [0.2, 0.25) is 0 Å². The van der Waals surface area contributed by atoms with Crippen molar-refractivity contribution >= 4 is 0 Å². The normalized spacial score (nSPS) is 28.4. The lowest BCUT2D eigenvalue weighted by Crippen LogP contribution is -2.53. The van der Waals surface area contributed by atoms with Gasteiger partial charge in [-0.1, -0.05) is 19.1 Å². The van der Waals surface area contributed by atoms with E-state index in [9.17, 15) is 10.2 Å². The van der Waals surface area contributed by atoms with Gasteiger partial charge in [-0.05, 0) is 47.5 Å². The Hall–Kier alpha value is -0.460. The molecule has 3 unspecified atom stereocenters. The van der Waals surface area contributed by atoms with Gasteiger partial charge in [-0.2, -0.15) is 0 Å². The number of aliphatic hydroxyl groups excluding tert-OH is 2. The minimum atomic E-state index is -1.07. The second kappa shape index (κ2) is 7.20. The lowest BCUT2D eigenvalue weighted by atomic mass is 10.1. The summed E-state index contributed by atoms with van der Waals surface area (Å²) in [6.07, 6.45) is 4.06. The molecule has 1 aliphatic rings. The van der Waals surface area contributed by atoms with E-state index in [4.69, 9.17) is 9.47 Å². The number of rotatable bonds is 7. The minimum absolute atomic E-state index is 0.0773. The van der Waals surface area contributed by atoms with E-state index in [1.807, 2.05) is 58.6 Å². The summed E-state index contributed by atoms with van der Waals surface area (Å²) in [5.41, 5.74) is -1.11. The smallest absolute Gasteiger partial charge is 0.219 e. The SMILES string of the molecule is C/C=C\CC1C(CO)OC(C)(C)N1C(O)OC(C)(C)CC. The van der Waals surface area contributed by atoms with Gasteiger partial charge >= 0.3 is 0 Å². The second-order valence-corrected chi connectivity index (χ2v) is 6.62. The Balaban J connectivity index is 2.96. The number of allylic oxidation sites excluding steroid dienone is 1. The van der Waals surface area contributed by atoms with E-state index in [1.165, 1.54) is 0 Å². The molecule has 3 atom stereocenters. The van der Waals surface area contributed by atoms with Crippen LogP contribution in [0.5, 0.6) is 0 Å². The van der Waals surface area contributed by atoms with E-state index in [0.717, 1.165) is 6.42 Å². The highest BCUT2D eigenvalue weighted by atomic mass is 16.7. The zero-order valence-electron chi connectivity index (χ0n) is 14.2. The molecule has 1 heterocycles. The van der Waals surface area contributed by atoms with Gasteiger partial charge in [-0.25, -0.2) is 4.90 Å². The van der Waals surface area contributed by atoms with Crippen LogP contribution >= 0.6 is 0 Å². The molecule has 0 radical (unpaired) electrons. The molecule has 1 saturated heterocycles. The third-order valence-electron chi connectivity index (χ3n) is 4.16. The van der Waals surface area contributed by atoms with E-state index in [0.29, 0.717) is 6.42 Å². The van der Waals surface area contributed by atoms with Crippen molar-refractivity contribution < 1.29 is 19.7 Å². The molecule has 0 bridgehead atoms. The summed E-state index contributed by atoms with van der Waals surface area (Å²) in [5.74, 6) is 0. The van der Waals surface area contributed by atoms with Gasteiger partial charge in [-0.15, -0.1) is 0 Å². The quantitative estimate of drug-likeness (QED) is 0.558. The molecule has 21 heavy (non-hydrogen) atoms. The van der Waals surface area contributed by atoms with Crippen LogP contribution < -0.4 is 0 Å². The highest BCUT2D eigenvalue weighted by Crippen LogP contribution is 2.36. The number of aliphatic hydroxyl groups is 2. The third-order valence-corrected chi connectivity index (χ3v) is 4.16. The van der Waals surface area contributed by atoms with Crippen molar-refractivity contribution in [1.82, 2.24) is 4.90 Å². The van der Waals surface area contributed by atoms with Gasteiger partial charge in [-0.3, -0.25) is 0 Å². The number of hydrogen-bond acceptors (Lipinski definition) is 5. The zero-order chi connectivity index (χ0) is 16.3. The van der Waals surface area contributed by atoms with Gasteiger partial charge in [0.1, 0.15) is 5.72 Å².